The van der Waals surface area contributed by atoms with Gasteiger partial charge < -0.3 is 28.6 Å². The topological polar surface area (TPSA) is 66.5 Å². The molecule has 0 aliphatic carbocycles. The van der Waals surface area contributed by atoms with E-state index in [4.69, 9.17) is 23.7 Å². The van der Waals surface area contributed by atoms with Gasteiger partial charge in [0, 0.05) is 12.6 Å². The maximum Gasteiger partial charge on any atom is 0.247 e. The van der Waals surface area contributed by atoms with E-state index >= 15 is 0 Å². The molecule has 0 saturated heterocycles. The zero-order valence-electron chi connectivity index (χ0n) is 18.9. The predicted molar refractivity (Wildman–Crippen MR) is 119 cm³/mol. The van der Waals surface area contributed by atoms with Gasteiger partial charge >= 0.3 is 0 Å². The molecule has 166 valence electrons. The molecule has 0 fully saturated rings. The first-order valence-electron chi connectivity index (χ1n) is 10.0. The van der Waals surface area contributed by atoms with Crippen LogP contribution in [0, 0.1) is 0 Å². The summed E-state index contributed by atoms with van der Waals surface area (Å²) in [5.74, 6) is 2.89. The quantitative estimate of drug-likeness (QED) is 0.625. The zero-order valence-corrected chi connectivity index (χ0v) is 18.9. The number of carbonyl (C=O) groups excluding carboxylic acids is 1. The van der Waals surface area contributed by atoms with Crippen molar-refractivity contribution in [3.63, 3.8) is 0 Å². The molecule has 1 heterocycles. The van der Waals surface area contributed by atoms with E-state index in [0.717, 1.165) is 17.5 Å². The van der Waals surface area contributed by atoms with Gasteiger partial charge in [0.2, 0.25) is 11.7 Å². The van der Waals surface area contributed by atoms with E-state index < -0.39 is 0 Å². The summed E-state index contributed by atoms with van der Waals surface area (Å²) in [6, 6.07) is 7.48. The lowest BCUT2D eigenvalue weighted by atomic mass is 9.92. The van der Waals surface area contributed by atoms with Crippen LogP contribution in [0.5, 0.6) is 28.7 Å². The average Bonchev–Trinajstić information content (AvgIpc) is 2.81. The standard InChI is InChI=1S/C24H29NO6/c1-15-18-14-20(28-3)19(27-2)13-17(18)9-10-25(15)23(26)8-7-16-11-21(29-4)24(31-6)22(12-16)30-5/h7-8,11-15H,9-10H2,1-6H3/t15-/m1/s1. The van der Waals surface area contributed by atoms with Gasteiger partial charge in [-0.25, -0.2) is 0 Å². The number of carbonyl (C=O) groups is 1. The highest BCUT2D eigenvalue weighted by atomic mass is 16.5. The molecule has 2 aromatic rings. The molecule has 0 spiro atoms. The molecule has 31 heavy (non-hydrogen) atoms. The fraction of sp³-hybridized carbons (Fsp3) is 0.375. The Bertz CT molecular complexity index is 959. The molecule has 0 saturated carbocycles. The number of ether oxygens (including phenoxy) is 5. The smallest absolute Gasteiger partial charge is 0.247 e. The van der Waals surface area contributed by atoms with Crippen molar-refractivity contribution < 1.29 is 28.5 Å². The summed E-state index contributed by atoms with van der Waals surface area (Å²) in [5, 5.41) is 0. The summed E-state index contributed by atoms with van der Waals surface area (Å²) in [6.07, 6.45) is 4.08. The highest BCUT2D eigenvalue weighted by molar-refractivity contribution is 5.92. The highest BCUT2D eigenvalue weighted by Crippen LogP contribution is 2.39. The Balaban J connectivity index is 1.84. The summed E-state index contributed by atoms with van der Waals surface area (Å²) >= 11 is 0. The van der Waals surface area contributed by atoms with Gasteiger partial charge in [0.05, 0.1) is 41.6 Å². The van der Waals surface area contributed by atoms with E-state index in [-0.39, 0.29) is 11.9 Å². The van der Waals surface area contributed by atoms with E-state index in [1.54, 1.807) is 59.8 Å². The fourth-order valence-electron chi connectivity index (χ4n) is 3.91. The van der Waals surface area contributed by atoms with Gasteiger partial charge in [-0.3, -0.25) is 4.79 Å². The second kappa shape index (κ2) is 9.64. The zero-order chi connectivity index (χ0) is 22.5. The minimum absolute atomic E-state index is 0.0679. The van der Waals surface area contributed by atoms with E-state index in [1.807, 2.05) is 24.0 Å². The minimum atomic E-state index is -0.0827. The van der Waals surface area contributed by atoms with Crippen LogP contribution in [0.3, 0.4) is 0 Å². The molecule has 1 amide bonds. The number of benzene rings is 2. The normalized spacial score (nSPS) is 15.4. The third-order valence-electron chi connectivity index (χ3n) is 5.57. The lowest BCUT2D eigenvalue weighted by Gasteiger charge is -2.35. The van der Waals surface area contributed by atoms with Crippen molar-refractivity contribution in [2.75, 3.05) is 42.1 Å². The third kappa shape index (κ3) is 4.40. The van der Waals surface area contributed by atoms with Crippen LogP contribution in [0.2, 0.25) is 0 Å². The van der Waals surface area contributed by atoms with Crippen LogP contribution < -0.4 is 23.7 Å². The largest absolute Gasteiger partial charge is 0.493 e. The van der Waals surface area contributed by atoms with Gasteiger partial charge in [-0.05, 0) is 60.4 Å². The Morgan fingerprint density at radius 1 is 0.871 bits per heavy atom. The monoisotopic (exact) mass is 427 g/mol. The molecule has 0 radical (unpaired) electrons. The van der Waals surface area contributed by atoms with Crippen molar-refractivity contribution in [1.82, 2.24) is 4.90 Å². The summed E-state index contributed by atoms with van der Waals surface area (Å²) < 4.78 is 27.0. The van der Waals surface area contributed by atoms with Crippen LogP contribution in [-0.4, -0.2) is 52.9 Å². The molecule has 1 aliphatic heterocycles. The van der Waals surface area contributed by atoms with Crippen LogP contribution >= 0.6 is 0 Å². The van der Waals surface area contributed by atoms with E-state index in [9.17, 15) is 4.79 Å². The predicted octanol–water partition coefficient (Wildman–Crippen LogP) is 3.89. The Morgan fingerprint density at radius 2 is 1.45 bits per heavy atom. The SMILES string of the molecule is COc1cc2c(cc1OC)[C@@H](C)N(C(=O)C=Cc1cc(OC)c(OC)c(OC)c1)CC2. The third-order valence-corrected chi connectivity index (χ3v) is 5.57. The van der Waals surface area contributed by atoms with Crippen molar-refractivity contribution in [2.24, 2.45) is 0 Å². The maximum absolute atomic E-state index is 13.0. The lowest BCUT2D eigenvalue weighted by Crippen LogP contribution is -2.37. The highest BCUT2D eigenvalue weighted by Gasteiger charge is 2.28. The van der Waals surface area contributed by atoms with Crippen LogP contribution in [-0.2, 0) is 11.2 Å². The van der Waals surface area contributed by atoms with Gasteiger partial charge in [-0.2, -0.15) is 0 Å². The maximum atomic E-state index is 13.0. The van der Waals surface area contributed by atoms with Crippen LogP contribution in [0.15, 0.2) is 30.3 Å². The van der Waals surface area contributed by atoms with E-state index in [2.05, 4.69) is 0 Å². The first-order chi connectivity index (χ1) is 15.0. The summed E-state index contributed by atoms with van der Waals surface area (Å²) in [6.45, 7) is 2.65. The van der Waals surface area contributed by atoms with Crippen molar-refractivity contribution in [2.45, 2.75) is 19.4 Å². The minimum Gasteiger partial charge on any atom is -0.493 e. The fourth-order valence-corrected chi connectivity index (χ4v) is 3.91. The number of hydrogen-bond acceptors (Lipinski definition) is 6. The molecule has 3 rings (SSSR count). The van der Waals surface area contributed by atoms with Crippen molar-refractivity contribution in [3.8, 4) is 28.7 Å². The number of rotatable bonds is 7. The molecule has 0 unspecified atom stereocenters. The average molecular weight is 427 g/mol. The molecule has 0 aromatic heterocycles. The van der Waals surface area contributed by atoms with E-state index in [0.29, 0.717) is 35.3 Å². The van der Waals surface area contributed by atoms with Crippen LogP contribution in [0.4, 0.5) is 0 Å². The molecule has 1 atom stereocenters. The molecule has 1 aliphatic rings. The second-order valence-corrected chi connectivity index (χ2v) is 7.16. The van der Waals surface area contributed by atoms with Crippen molar-refractivity contribution in [1.29, 1.82) is 0 Å². The number of methoxy groups -OCH3 is 5. The molecule has 0 bridgehead atoms. The number of amides is 1. The van der Waals surface area contributed by atoms with Crippen molar-refractivity contribution >= 4 is 12.0 Å². The summed E-state index contributed by atoms with van der Waals surface area (Å²) in [4.78, 5) is 14.8. The van der Waals surface area contributed by atoms with Crippen LogP contribution in [0.1, 0.15) is 29.7 Å². The van der Waals surface area contributed by atoms with Gasteiger partial charge in [0.15, 0.2) is 23.0 Å². The Kier molecular flexibility index (Phi) is 6.95. The summed E-state index contributed by atoms with van der Waals surface area (Å²) in [5.41, 5.74) is 3.01. The molecule has 2 aromatic carbocycles. The molecule has 7 nitrogen and oxygen atoms in total. The molecular weight excluding hydrogens is 398 g/mol. The van der Waals surface area contributed by atoms with E-state index in [1.165, 1.54) is 5.56 Å². The first-order valence-corrected chi connectivity index (χ1v) is 10.0. The molecular formula is C24H29NO6. The number of hydrogen-bond donors (Lipinski definition) is 0. The van der Waals surface area contributed by atoms with Gasteiger partial charge in [0.1, 0.15) is 0 Å². The Hall–Kier alpha value is -3.35. The van der Waals surface area contributed by atoms with Gasteiger partial charge in [-0.15, -0.1) is 0 Å². The second-order valence-electron chi connectivity index (χ2n) is 7.16. The lowest BCUT2D eigenvalue weighted by molar-refractivity contribution is -0.128. The molecule has 0 N–H and O–H groups in total. The Labute approximate surface area is 183 Å². The van der Waals surface area contributed by atoms with Crippen LogP contribution in [0.25, 0.3) is 6.08 Å². The summed E-state index contributed by atoms with van der Waals surface area (Å²) in [7, 11) is 7.92. The first kappa shape index (κ1) is 22.3. The van der Waals surface area contributed by atoms with Gasteiger partial charge in [-0.1, -0.05) is 0 Å². The number of nitrogens with zero attached hydrogens (tertiary/aromatic N) is 1. The Morgan fingerprint density at radius 3 is 2.00 bits per heavy atom. The van der Waals surface area contributed by atoms with Gasteiger partial charge in [0.25, 0.3) is 0 Å². The van der Waals surface area contributed by atoms with Crippen molar-refractivity contribution in [3.05, 3.63) is 47.0 Å². The number of fused-ring (bicyclic) bond motifs is 1. The molecule has 7 heteroatoms.